The number of carbonyl (C=O) groups is 2. The fourth-order valence-electron chi connectivity index (χ4n) is 6.87. The van der Waals surface area contributed by atoms with Gasteiger partial charge in [-0.2, -0.15) is 0 Å². The molecule has 5 aromatic rings. The third-order valence-corrected chi connectivity index (χ3v) is 9.66. The van der Waals surface area contributed by atoms with Gasteiger partial charge in [0.1, 0.15) is 41.1 Å². The topological polar surface area (TPSA) is 140 Å². The van der Waals surface area contributed by atoms with Crippen LogP contribution in [0.25, 0.3) is 16.8 Å². The number of nitrogens with one attached hydrogen (secondary N) is 1. The molecule has 250 valence electrons. The molecule has 49 heavy (non-hydrogen) atoms. The van der Waals surface area contributed by atoms with Gasteiger partial charge in [0.05, 0.1) is 19.3 Å². The Morgan fingerprint density at radius 1 is 1.04 bits per heavy atom. The highest BCUT2D eigenvalue weighted by atomic mass is 19.1. The Bertz CT molecular complexity index is 2040. The molecular formula is C36H35FN8O4. The van der Waals surface area contributed by atoms with Gasteiger partial charge in [-0.1, -0.05) is 30.3 Å². The zero-order valence-corrected chi connectivity index (χ0v) is 26.7. The Kier molecular flexibility index (Phi) is 7.83. The molecule has 0 radical (unpaired) electrons. The number of pyridine rings is 1. The van der Waals surface area contributed by atoms with E-state index in [2.05, 4.69) is 20.2 Å². The fourth-order valence-corrected chi connectivity index (χ4v) is 6.87. The minimum absolute atomic E-state index is 0.0117. The molecule has 2 aliphatic heterocycles. The summed E-state index contributed by atoms with van der Waals surface area (Å²) in [7, 11) is 0. The number of halogens is 1. The van der Waals surface area contributed by atoms with E-state index in [4.69, 9.17) is 20.2 Å². The van der Waals surface area contributed by atoms with Crippen LogP contribution in [0.15, 0.2) is 79.3 Å². The zero-order chi connectivity index (χ0) is 33.5. The van der Waals surface area contributed by atoms with E-state index in [1.54, 1.807) is 40.0 Å². The van der Waals surface area contributed by atoms with Crippen molar-refractivity contribution in [3.63, 3.8) is 0 Å². The Morgan fingerprint density at radius 3 is 2.63 bits per heavy atom. The van der Waals surface area contributed by atoms with E-state index in [1.807, 2.05) is 36.4 Å². The molecule has 8 rings (SSSR count). The number of hydrogen-bond donors (Lipinski definition) is 2. The van der Waals surface area contributed by atoms with Crippen LogP contribution in [0.3, 0.4) is 0 Å². The van der Waals surface area contributed by atoms with Crippen molar-refractivity contribution >= 4 is 34.8 Å². The molecular weight excluding hydrogens is 627 g/mol. The van der Waals surface area contributed by atoms with Crippen molar-refractivity contribution in [3.05, 3.63) is 102 Å². The molecule has 3 aromatic heterocycles. The second kappa shape index (κ2) is 12.5. The first-order valence-corrected chi connectivity index (χ1v) is 16.4. The van der Waals surface area contributed by atoms with Gasteiger partial charge in [0.25, 0.3) is 5.91 Å². The summed E-state index contributed by atoms with van der Waals surface area (Å²) in [6.07, 6.45) is 7.21. The molecule has 2 saturated heterocycles. The highest BCUT2D eigenvalue weighted by Crippen LogP contribution is 2.58. The first-order valence-electron chi connectivity index (χ1n) is 16.4. The van der Waals surface area contributed by atoms with Gasteiger partial charge < -0.3 is 25.4 Å². The van der Waals surface area contributed by atoms with Gasteiger partial charge in [-0.25, -0.2) is 24.1 Å². The Hall–Kier alpha value is -5.56. The van der Waals surface area contributed by atoms with Crippen LogP contribution in [-0.4, -0.2) is 69.1 Å². The van der Waals surface area contributed by atoms with E-state index in [0.717, 1.165) is 37.2 Å². The Morgan fingerprint density at radius 2 is 1.86 bits per heavy atom. The van der Waals surface area contributed by atoms with Gasteiger partial charge in [0.2, 0.25) is 0 Å². The molecule has 1 spiro atoms. The quantitative estimate of drug-likeness (QED) is 0.232. The van der Waals surface area contributed by atoms with Gasteiger partial charge in [0, 0.05) is 61.1 Å². The van der Waals surface area contributed by atoms with Crippen molar-refractivity contribution in [2.75, 3.05) is 48.8 Å². The molecule has 3 fully saturated rings. The number of carbonyl (C=O) groups excluding carboxylic acids is 2. The van der Waals surface area contributed by atoms with Gasteiger partial charge in [-0.15, -0.1) is 0 Å². The van der Waals surface area contributed by atoms with Crippen LogP contribution < -0.4 is 16.0 Å². The van der Waals surface area contributed by atoms with Crippen molar-refractivity contribution in [3.8, 4) is 11.3 Å². The standard InChI is InChI=1S/C36H35FN8O4/c37-27-18-24(34(46)41-29-19-25(8-11-39-29)43-14-16-48-17-15-43)6-7-26(27)30-31-32(38)40-12-13-44(31)33(42-30)28-20-36(9-10-36)22-45(28)35(47)49-21-23-4-2-1-3-5-23/h1-8,11-13,18-19,28H,9-10,14-17,20-22H2,(H2,38,40)(H,39,41,46)/t28-/m0/s1. The van der Waals surface area contributed by atoms with Gasteiger partial charge >= 0.3 is 6.09 Å². The lowest BCUT2D eigenvalue weighted by Gasteiger charge is -2.28. The minimum Gasteiger partial charge on any atom is -0.445 e. The van der Waals surface area contributed by atoms with Gasteiger partial charge in [-0.05, 0) is 54.5 Å². The van der Waals surface area contributed by atoms with E-state index in [9.17, 15) is 9.59 Å². The van der Waals surface area contributed by atoms with Gasteiger partial charge in [-0.3, -0.25) is 14.1 Å². The van der Waals surface area contributed by atoms with Crippen molar-refractivity contribution in [2.24, 2.45) is 5.41 Å². The number of anilines is 3. The predicted octanol–water partition coefficient (Wildman–Crippen LogP) is 5.47. The van der Waals surface area contributed by atoms with Gasteiger partial charge in [0.15, 0.2) is 0 Å². The normalized spacial score (nSPS) is 18.2. The van der Waals surface area contributed by atoms with Crippen LogP contribution in [0.2, 0.25) is 0 Å². The number of ether oxygens (including phenoxy) is 2. The SMILES string of the molecule is Nc1nccn2c([C@@H]3CC4(CC4)CN3C(=O)OCc3ccccc3)nc(-c3ccc(C(=O)Nc4cc(N5CCOCC5)ccn4)cc3F)c12. The summed E-state index contributed by atoms with van der Waals surface area (Å²) < 4.78 is 28.9. The number of benzene rings is 2. The number of rotatable bonds is 7. The lowest BCUT2D eigenvalue weighted by molar-refractivity contribution is 0.0897. The average molecular weight is 663 g/mol. The first kappa shape index (κ1) is 30.8. The number of likely N-dealkylation sites (tertiary alicyclic amines) is 1. The number of nitrogen functional groups attached to an aromatic ring is 1. The van der Waals surface area contributed by atoms with E-state index in [0.29, 0.717) is 43.3 Å². The molecule has 5 heterocycles. The fraction of sp³-hybridized carbons (Fsp3) is 0.306. The summed E-state index contributed by atoms with van der Waals surface area (Å²) >= 11 is 0. The number of nitrogens with zero attached hydrogens (tertiary/aromatic N) is 6. The van der Waals surface area contributed by atoms with Crippen molar-refractivity contribution in [2.45, 2.75) is 31.9 Å². The molecule has 1 saturated carbocycles. The summed E-state index contributed by atoms with van der Waals surface area (Å²) in [5.74, 6) is -0.0763. The monoisotopic (exact) mass is 662 g/mol. The van der Waals surface area contributed by atoms with Crippen LogP contribution in [0.4, 0.5) is 26.5 Å². The molecule has 12 nitrogen and oxygen atoms in total. The average Bonchev–Trinajstić information content (AvgIpc) is 3.61. The Balaban J connectivity index is 1.07. The van der Waals surface area contributed by atoms with E-state index in [-0.39, 0.29) is 34.7 Å². The molecule has 13 heteroatoms. The number of morpholine rings is 1. The second-order valence-corrected chi connectivity index (χ2v) is 12.9. The van der Waals surface area contributed by atoms with Crippen LogP contribution in [-0.2, 0) is 16.1 Å². The molecule has 1 atom stereocenters. The van der Waals surface area contributed by atoms with Crippen molar-refractivity contribution < 1.29 is 23.5 Å². The number of nitrogens with two attached hydrogens (primary N) is 1. The summed E-state index contributed by atoms with van der Waals surface area (Å²) in [6.45, 7) is 3.45. The van der Waals surface area contributed by atoms with Crippen LogP contribution in [0, 0.1) is 11.2 Å². The lowest BCUT2D eigenvalue weighted by atomic mass is 10.0. The van der Waals surface area contributed by atoms with Crippen molar-refractivity contribution in [1.82, 2.24) is 24.3 Å². The lowest BCUT2D eigenvalue weighted by Crippen LogP contribution is -2.36. The molecule has 2 amide bonds. The highest BCUT2D eigenvalue weighted by Gasteiger charge is 2.55. The second-order valence-electron chi connectivity index (χ2n) is 12.9. The van der Waals surface area contributed by atoms with Crippen LogP contribution in [0.1, 0.15) is 47.1 Å². The third-order valence-electron chi connectivity index (χ3n) is 9.66. The molecule has 0 bridgehead atoms. The predicted molar refractivity (Wildman–Crippen MR) is 180 cm³/mol. The van der Waals surface area contributed by atoms with Crippen molar-refractivity contribution in [1.29, 1.82) is 0 Å². The first-order chi connectivity index (χ1) is 23.9. The molecule has 1 aliphatic carbocycles. The number of amides is 2. The number of hydrogen-bond acceptors (Lipinski definition) is 9. The number of aromatic nitrogens is 4. The number of imidazole rings is 1. The van der Waals surface area contributed by atoms with Crippen LogP contribution >= 0.6 is 0 Å². The minimum atomic E-state index is -0.651. The van der Waals surface area contributed by atoms with E-state index >= 15 is 4.39 Å². The maximum absolute atomic E-state index is 16.0. The maximum Gasteiger partial charge on any atom is 0.410 e. The Labute approximate surface area is 281 Å². The molecule has 3 N–H and O–H groups in total. The molecule has 3 aliphatic rings. The summed E-state index contributed by atoms with van der Waals surface area (Å²) in [6, 6.07) is 17.0. The molecule has 0 unspecified atom stereocenters. The summed E-state index contributed by atoms with van der Waals surface area (Å²) in [5.41, 5.74) is 9.18. The summed E-state index contributed by atoms with van der Waals surface area (Å²) in [5, 5.41) is 2.78. The number of fused-ring (bicyclic) bond motifs is 1. The van der Waals surface area contributed by atoms with E-state index in [1.165, 1.54) is 12.1 Å². The highest BCUT2D eigenvalue weighted by molar-refractivity contribution is 6.04. The third kappa shape index (κ3) is 6.01. The molecule has 2 aromatic carbocycles. The zero-order valence-electron chi connectivity index (χ0n) is 26.7. The maximum atomic E-state index is 16.0. The largest absolute Gasteiger partial charge is 0.445 e. The smallest absolute Gasteiger partial charge is 0.410 e. The summed E-state index contributed by atoms with van der Waals surface area (Å²) in [4.78, 5) is 44.1. The van der Waals surface area contributed by atoms with E-state index < -0.39 is 23.9 Å². The van der Waals surface area contributed by atoms with Crippen LogP contribution in [0.5, 0.6) is 0 Å².